The number of carbonyl (C=O) groups is 1. The van der Waals surface area contributed by atoms with Gasteiger partial charge in [-0.25, -0.2) is 0 Å². The molecule has 0 spiro atoms. The minimum Gasteiger partial charge on any atom is -0.409 e. The third kappa shape index (κ3) is 2.55. The van der Waals surface area contributed by atoms with Crippen molar-refractivity contribution in [1.82, 2.24) is 5.32 Å². The van der Waals surface area contributed by atoms with Gasteiger partial charge in [-0.3, -0.25) is 4.79 Å². The van der Waals surface area contributed by atoms with Gasteiger partial charge in [-0.05, 0) is 43.4 Å². The van der Waals surface area contributed by atoms with E-state index in [1.54, 1.807) is 0 Å². The zero-order chi connectivity index (χ0) is 14.3. The first-order chi connectivity index (χ1) is 8.79. The molecule has 0 saturated heterocycles. The maximum atomic E-state index is 12.5. The fourth-order valence-electron chi connectivity index (χ4n) is 3.62. The van der Waals surface area contributed by atoms with Crippen LogP contribution in [0.1, 0.15) is 52.9 Å². The van der Waals surface area contributed by atoms with E-state index in [4.69, 9.17) is 10.9 Å². The first kappa shape index (κ1) is 14.2. The Labute approximate surface area is 114 Å². The molecular weight excluding hydrogens is 242 g/mol. The highest BCUT2D eigenvalue weighted by atomic mass is 16.4. The molecule has 1 atom stereocenters. The van der Waals surface area contributed by atoms with Gasteiger partial charge in [0.2, 0.25) is 5.91 Å². The number of hydrogen-bond donors (Lipinski definition) is 3. The topological polar surface area (TPSA) is 87.7 Å². The summed E-state index contributed by atoms with van der Waals surface area (Å²) in [6.07, 6.45) is 4.49. The first-order valence-electron chi connectivity index (χ1n) is 7.08. The number of nitrogens with zero attached hydrogens (tertiary/aromatic N) is 1. The van der Waals surface area contributed by atoms with Crippen molar-refractivity contribution in [3.8, 4) is 0 Å². The second-order valence-electron chi connectivity index (χ2n) is 7.16. The van der Waals surface area contributed by atoms with Gasteiger partial charge in [-0.2, -0.15) is 0 Å². The minimum atomic E-state index is -0.777. The monoisotopic (exact) mass is 267 g/mol. The average Bonchev–Trinajstić information content (AvgIpc) is 2.63. The summed E-state index contributed by atoms with van der Waals surface area (Å²) in [5, 5.41) is 15.1. The number of hydrogen-bond acceptors (Lipinski definition) is 3. The van der Waals surface area contributed by atoms with Gasteiger partial charge in [-0.1, -0.05) is 25.9 Å². The van der Waals surface area contributed by atoms with Crippen LogP contribution in [0, 0.1) is 16.7 Å². The molecule has 2 fully saturated rings. The third-order valence-corrected chi connectivity index (χ3v) is 4.73. The molecule has 2 rings (SSSR count). The van der Waals surface area contributed by atoms with E-state index in [9.17, 15) is 4.79 Å². The van der Waals surface area contributed by atoms with Crippen LogP contribution >= 0.6 is 0 Å². The number of amides is 1. The van der Waals surface area contributed by atoms with Gasteiger partial charge < -0.3 is 16.3 Å². The van der Waals surface area contributed by atoms with Crippen LogP contribution in [-0.4, -0.2) is 23.0 Å². The molecule has 0 aromatic rings. The van der Waals surface area contributed by atoms with Gasteiger partial charge in [-0.15, -0.1) is 0 Å². The molecule has 1 unspecified atom stereocenters. The summed E-state index contributed by atoms with van der Waals surface area (Å²) < 4.78 is 0. The van der Waals surface area contributed by atoms with Gasteiger partial charge in [0, 0.05) is 6.04 Å². The number of oxime groups is 1. The largest absolute Gasteiger partial charge is 0.409 e. The summed E-state index contributed by atoms with van der Waals surface area (Å²) >= 11 is 0. The standard InChI is InChI=1S/C14H25N3O2/c1-9-6-14(7-9,11(15)17-19)12(18)16-10-4-5-13(2,3)8-10/h9-10,19H,4-8H2,1-3H3,(H2,15,17)(H,16,18). The fraction of sp³-hybridized carbons (Fsp3) is 0.857. The highest BCUT2D eigenvalue weighted by Gasteiger charge is 2.52. The van der Waals surface area contributed by atoms with E-state index in [1.165, 1.54) is 0 Å². The van der Waals surface area contributed by atoms with Crippen molar-refractivity contribution in [2.24, 2.45) is 27.6 Å². The predicted octanol–water partition coefficient (Wildman–Crippen LogP) is 1.84. The first-order valence-corrected chi connectivity index (χ1v) is 7.08. The van der Waals surface area contributed by atoms with Crippen molar-refractivity contribution in [3.05, 3.63) is 0 Å². The number of rotatable bonds is 3. The third-order valence-electron chi connectivity index (χ3n) is 4.73. The fourth-order valence-corrected chi connectivity index (χ4v) is 3.62. The van der Waals surface area contributed by atoms with E-state index in [1.807, 2.05) is 0 Å². The summed E-state index contributed by atoms with van der Waals surface area (Å²) in [7, 11) is 0. The predicted molar refractivity (Wildman–Crippen MR) is 73.8 cm³/mol. The number of nitrogens with one attached hydrogen (secondary N) is 1. The molecule has 2 saturated carbocycles. The Hall–Kier alpha value is -1.26. The minimum absolute atomic E-state index is 0.0559. The quantitative estimate of drug-likeness (QED) is 0.315. The average molecular weight is 267 g/mol. The second-order valence-corrected chi connectivity index (χ2v) is 7.16. The molecule has 0 aliphatic heterocycles. The Bertz CT molecular complexity index is 397. The van der Waals surface area contributed by atoms with Gasteiger partial charge in [0.05, 0.1) is 0 Å². The van der Waals surface area contributed by atoms with E-state index in [-0.39, 0.29) is 17.8 Å². The molecule has 5 heteroatoms. The highest BCUT2D eigenvalue weighted by molar-refractivity contribution is 6.07. The molecule has 2 aliphatic carbocycles. The molecule has 2 aliphatic rings. The summed E-state index contributed by atoms with van der Waals surface area (Å²) in [6, 6.07) is 0.224. The molecule has 0 bridgehead atoms. The lowest BCUT2D eigenvalue weighted by atomic mass is 9.61. The van der Waals surface area contributed by atoms with Crippen LogP contribution in [0.4, 0.5) is 0 Å². The maximum Gasteiger partial charge on any atom is 0.234 e. The van der Waals surface area contributed by atoms with Crippen LogP contribution in [0.3, 0.4) is 0 Å². The molecule has 0 aromatic carbocycles. The van der Waals surface area contributed by atoms with Crippen LogP contribution in [0.5, 0.6) is 0 Å². The van der Waals surface area contributed by atoms with Crippen molar-refractivity contribution in [1.29, 1.82) is 0 Å². The van der Waals surface area contributed by atoms with E-state index < -0.39 is 5.41 Å². The van der Waals surface area contributed by atoms with Gasteiger partial charge in [0.25, 0.3) is 0 Å². The van der Waals surface area contributed by atoms with Crippen molar-refractivity contribution >= 4 is 11.7 Å². The summed E-state index contributed by atoms with van der Waals surface area (Å²) in [5.74, 6) is 0.440. The molecule has 19 heavy (non-hydrogen) atoms. The molecular formula is C14H25N3O2. The van der Waals surface area contributed by atoms with E-state index in [0.717, 1.165) is 19.3 Å². The van der Waals surface area contributed by atoms with Crippen LogP contribution in [0.15, 0.2) is 5.16 Å². The van der Waals surface area contributed by atoms with Crippen LogP contribution in [0.25, 0.3) is 0 Å². The lowest BCUT2D eigenvalue weighted by molar-refractivity contribution is -0.133. The number of carbonyl (C=O) groups excluding carboxylic acids is 1. The SMILES string of the molecule is CC1CC(C(=O)NC2CCC(C)(C)C2)(C(N)=NO)C1. The molecule has 0 heterocycles. The van der Waals surface area contributed by atoms with Crippen molar-refractivity contribution in [2.75, 3.05) is 0 Å². The number of nitrogens with two attached hydrogens (primary N) is 1. The lowest BCUT2D eigenvalue weighted by Crippen LogP contribution is -2.58. The zero-order valence-electron chi connectivity index (χ0n) is 12.1. The lowest BCUT2D eigenvalue weighted by Gasteiger charge is -2.44. The van der Waals surface area contributed by atoms with Crippen molar-refractivity contribution in [2.45, 2.75) is 58.9 Å². The Morgan fingerprint density at radius 2 is 2.00 bits per heavy atom. The van der Waals surface area contributed by atoms with E-state index in [2.05, 4.69) is 31.2 Å². The Morgan fingerprint density at radius 3 is 2.42 bits per heavy atom. The summed E-state index contributed by atoms with van der Waals surface area (Å²) in [5.41, 5.74) is 5.27. The van der Waals surface area contributed by atoms with E-state index in [0.29, 0.717) is 24.2 Å². The molecule has 5 nitrogen and oxygen atoms in total. The smallest absolute Gasteiger partial charge is 0.234 e. The normalized spacial score (nSPS) is 37.7. The van der Waals surface area contributed by atoms with E-state index >= 15 is 0 Å². The Morgan fingerprint density at radius 1 is 1.37 bits per heavy atom. The van der Waals surface area contributed by atoms with Gasteiger partial charge in [0.15, 0.2) is 5.84 Å². The summed E-state index contributed by atoms with van der Waals surface area (Å²) in [4.78, 5) is 12.5. The maximum absolute atomic E-state index is 12.5. The molecule has 108 valence electrons. The summed E-state index contributed by atoms with van der Waals surface area (Å²) in [6.45, 7) is 6.53. The highest BCUT2D eigenvalue weighted by Crippen LogP contribution is 2.46. The van der Waals surface area contributed by atoms with Gasteiger partial charge >= 0.3 is 0 Å². The van der Waals surface area contributed by atoms with Crippen molar-refractivity contribution < 1.29 is 10.0 Å². The Balaban J connectivity index is 2.02. The Kier molecular flexibility index (Phi) is 3.49. The molecule has 0 radical (unpaired) electrons. The molecule has 1 amide bonds. The molecule has 4 N–H and O–H groups in total. The molecule has 0 aromatic heterocycles. The van der Waals surface area contributed by atoms with Crippen LogP contribution in [0.2, 0.25) is 0 Å². The van der Waals surface area contributed by atoms with Crippen LogP contribution < -0.4 is 11.1 Å². The number of amidine groups is 1. The van der Waals surface area contributed by atoms with Crippen LogP contribution in [-0.2, 0) is 4.79 Å². The zero-order valence-corrected chi connectivity index (χ0v) is 12.1. The van der Waals surface area contributed by atoms with Crippen molar-refractivity contribution in [3.63, 3.8) is 0 Å². The second kappa shape index (κ2) is 4.69. The van der Waals surface area contributed by atoms with Gasteiger partial charge in [0.1, 0.15) is 5.41 Å².